The summed E-state index contributed by atoms with van der Waals surface area (Å²) in [5, 5.41) is 12.2. The van der Waals surface area contributed by atoms with E-state index < -0.39 is 0 Å². The largest absolute Gasteiger partial charge is 0.395 e. The van der Waals surface area contributed by atoms with Crippen LogP contribution in [0.15, 0.2) is 0 Å². The van der Waals surface area contributed by atoms with Crippen LogP contribution >= 0.6 is 0 Å². The zero-order valence-corrected chi connectivity index (χ0v) is 8.79. The molecule has 0 spiro atoms. The monoisotopic (exact) mass is 186 g/mol. The molecule has 3 nitrogen and oxygen atoms in total. The van der Waals surface area contributed by atoms with Gasteiger partial charge < -0.3 is 15.3 Å². The minimum atomic E-state index is 0.297. The Labute approximate surface area is 81.1 Å². The van der Waals surface area contributed by atoms with Crippen molar-refractivity contribution in [2.45, 2.75) is 26.3 Å². The summed E-state index contributed by atoms with van der Waals surface area (Å²) in [6.07, 6.45) is 1.20. The molecule has 0 aromatic carbocycles. The van der Waals surface area contributed by atoms with E-state index in [4.69, 9.17) is 5.11 Å². The van der Waals surface area contributed by atoms with Crippen LogP contribution in [0.3, 0.4) is 0 Å². The molecular formula is C10H22N2O. The van der Waals surface area contributed by atoms with Crippen LogP contribution in [0.1, 0.15) is 20.3 Å². The fraction of sp³-hybridized carbons (Fsp3) is 1.00. The molecular weight excluding hydrogens is 164 g/mol. The molecule has 1 rings (SSSR count). The predicted octanol–water partition coefficient (Wildman–Crippen LogP) is 0.299. The van der Waals surface area contributed by atoms with Crippen LogP contribution in [0.5, 0.6) is 0 Å². The molecule has 0 saturated carbocycles. The quantitative estimate of drug-likeness (QED) is 0.626. The van der Waals surface area contributed by atoms with E-state index in [1.165, 1.54) is 6.42 Å². The molecule has 1 atom stereocenters. The number of aliphatic hydroxyl groups is 1. The molecule has 1 heterocycles. The number of hydrogen-bond acceptors (Lipinski definition) is 3. The second kappa shape index (κ2) is 5.58. The van der Waals surface area contributed by atoms with E-state index in [1.807, 2.05) is 0 Å². The number of β-amino-alcohol motifs (C(OH)–C–C–N with tert-alkyl or cyclic N) is 1. The van der Waals surface area contributed by atoms with E-state index in [9.17, 15) is 0 Å². The highest BCUT2D eigenvalue weighted by atomic mass is 16.3. The second-order valence-corrected chi connectivity index (χ2v) is 4.07. The fourth-order valence-corrected chi connectivity index (χ4v) is 1.64. The van der Waals surface area contributed by atoms with Gasteiger partial charge in [-0.3, -0.25) is 0 Å². The zero-order valence-electron chi connectivity index (χ0n) is 8.79. The standard InChI is InChI=1S/C10H22N2O/c1-3-9(2)11-6-10-7-12(8-10)4-5-13/h9-11,13H,3-8H2,1-2H3. The van der Waals surface area contributed by atoms with Crippen LogP contribution in [-0.2, 0) is 0 Å². The summed E-state index contributed by atoms with van der Waals surface area (Å²) in [4.78, 5) is 2.29. The van der Waals surface area contributed by atoms with Crippen molar-refractivity contribution < 1.29 is 5.11 Å². The molecule has 1 saturated heterocycles. The molecule has 1 unspecified atom stereocenters. The van der Waals surface area contributed by atoms with Gasteiger partial charge >= 0.3 is 0 Å². The number of hydrogen-bond donors (Lipinski definition) is 2. The molecule has 1 aliphatic heterocycles. The molecule has 0 aliphatic carbocycles. The Bertz CT molecular complexity index is 135. The number of nitrogens with zero attached hydrogens (tertiary/aromatic N) is 1. The maximum absolute atomic E-state index is 8.69. The lowest BCUT2D eigenvalue weighted by Crippen LogP contribution is -2.52. The lowest BCUT2D eigenvalue weighted by Gasteiger charge is -2.39. The maximum atomic E-state index is 8.69. The van der Waals surface area contributed by atoms with E-state index in [2.05, 4.69) is 24.1 Å². The van der Waals surface area contributed by atoms with Crippen LogP contribution in [-0.4, -0.2) is 48.8 Å². The summed E-state index contributed by atoms with van der Waals surface area (Å²) in [7, 11) is 0. The van der Waals surface area contributed by atoms with Gasteiger partial charge in [0.15, 0.2) is 0 Å². The van der Waals surface area contributed by atoms with Crippen molar-refractivity contribution in [3.8, 4) is 0 Å². The summed E-state index contributed by atoms with van der Waals surface area (Å²) in [6.45, 7) is 9.02. The van der Waals surface area contributed by atoms with Gasteiger partial charge in [-0.2, -0.15) is 0 Å². The average molecular weight is 186 g/mol. The summed E-state index contributed by atoms with van der Waals surface area (Å²) < 4.78 is 0. The van der Waals surface area contributed by atoms with E-state index in [0.29, 0.717) is 12.6 Å². The topological polar surface area (TPSA) is 35.5 Å². The fourth-order valence-electron chi connectivity index (χ4n) is 1.64. The summed E-state index contributed by atoms with van der Waals surface area (Å²) in [5.74, 6) is 0.806. The van der Waals surface area contributed by atoms with Crippen molar-refractivity contribution in [2.75, 3.05) is 32.8 Å². The van der Waals surface area contributed by atoms with Crippen LogP contribution in [0.4, 0.5) is 0 Å². The molecule has 1 aliphatic rings. The third kappa shape index (κ3) is 3.63. The van der Waals surface area contributed by atoms with Crippen molar-refractivity contribution >= 4 is 0 Å². The van der Waals surface area contributed by atoms with E-state index in [0.717, 1.165) is 32.1 Å². The SMILES string of the molecule is CCC(C)NCC1CN(CCO)C1. The van der Waals surface area contributed by atoms with Crippen molar-refractivity contribution in [2.24, 2.45) is 5.92 Å². The van der Waals surface area contributed by atoms with E-state index >= 15 is 0 Å². The van der Waals surface area contributed by atoms with Crippen LogP contribution in [0.2, 0.25) is 0 Å². The molecule has 2 N–H and O–H groups in total. The van der Waals surface area contributed by atoms with Crippen LogP contribution in [0.25, 0.3) is 0 Å². The van der Waals surface area contributed by atoms with Crippen molar-refractivity contribution in [1.82, 2.24) is 10.2 Å². The maximum Gasteiger partial charge on any atom is 0.0558 e. The first-order valence-corrected chi connectivity index (χ1v) is 5.32. The van der Waals surface area contributed by atoms with Crippen molar-refractivity contribution in [1.29, 1.82) is 0 Å². The van der Waals surface area contributed by atoms with Gasteiger partial charge in [0.25, 0.3) is 0 Å². The minimum absolute atomic E-state index is 0.297. The first-order valence-electron chi connectivity index (χ1n) is 5.32. The van der Waals surface area contributed by atoms with Crippen LogP contribution in [0, 0.1) is 5.92 Å². The normalized spacial score (nSPS) is 21.5. The Morgan fingerprint density at radius 1 is 1.54 bits per heavy atom. The lowest BCUT2D eigenvalue weighted by atomic mass is 10.00. The van der Waals surface area contributed by atoms with Crippen molar-refractivity contribution in [3.05, 3.63) is 0 Å². The Morgan fingerprint density at radius 2 is 2.23 bits per heavy atom. The first-order chi connectivity index (χ1) is 6.26. The van der Waals surface area contributed by atoms with Crippen molar-refractivity contribution in [3.63, 3.8) is 0 Å². The number of aliphatic hydroxyl groups excluding tert-OH is 1. The Morgan fingerprint density at radius 3 is 2.77 bits per heavy atom. The molecule has 0 aromatic heterocycles. The van der Waals surface area contributed by atoms with Gasteiger partial charge in [0.1, 0.15) is 0 Å². The number of nitrogens with one attached hydrogen (secondary N) is 1. The molecule has 0 bridgehead atoms. The van der Waals surface area contributed by atoms with Gasteiger partial charge in [0.2, 0.25) is 0 Å². The first kappa shape index (κ1) is 11.0. The Kier molecular flexibility index (Phi) is 4.70. The highest BCUT2D eigenvalue weighted by molar-refractivity contribution is 4.81. The minimum Gasteiger partial charge on any atom is -0.395 e. The third-order valence-corrected chi connectivity index (χ3v) is 2.82. The summed E-state index contributed by atoms with van der Waals surface area (Å²) >= 11 is 0. The second-order valence-electron chi connectivity index (χ2n) is 4.07. The highest BCUT2D eigenvalue weighted by Gasteiger charge is 2.25. The van der Waals surface area contributed by atoms with Gasteiger partial charge in [0.05, 0.1) is 6.61 Å². The molecule has 0 aromatic rings. The molecule has 1 fully saturated rings. The van der Waals surface area contributed by atoms with Gasteiger partial charge in [-0.1, -0.05) is 6.92 Å². The lowest BCUT2D eigenvalue weighted by molar-refractivity contribution is 0.0764. The summed E-state index contributed by atoms with van der Waals surface area (Å²) in [6, 6.07) is 0.645. The Balaban J connectivity index is 1.95. The third-order valence-electron chi connectivity index (χ3n) is 2.82. The molecule has 13 heavy (non-hydrogen) atoms. The summed E-state index contributed by atoms with van der Waals surface area (Å²) in [5.41, 5.74) is 0. The van der Waals surface area contributed by atoms with Crippen LogP contribution < -0.4 is 5.32 Å². The van der Waals surface area contributed by atoms with Gasteiger partial charge in [-0.15, -0.1) is 0 Å². The molecule has 78 valence electrons. The molecule has 0 radical (unpaired) electrons. The smallest absolute Gasteiger partial charge is 0.0558 e. The Hall–Kier alpha value is -0.120. The molecule has 0 amide bonds. The number of likely N-dealkylation sites (tertiary alicyclic amines) is 1. The zero-order chi connectivity index (χ0) is 9.68. The average Bonchev–Trinajstić information content (AvgIpc) is 2.08. The number of rotatable bonds is 6. The molecule has 3 heteroatoms. The van der Waals surface area contributed by atoms with Gasteiger partial charge in [-0.25, -0.2) is 0 Å². The van der Waals surface area contributed by atoms with E-state index in [-0.39, 0.29) is 0 Å². The van der Waals surface area contributed by atoms with E-state index in [1.54, 1.807) is 0 Å². The highest BCUT2D eigenvalue weighted by Crippen LogP contribution is 2.13. The predicted molar refractivity (Wildman–Crippen MR) is 54.8 cm³/mol. The van der Waals surface area contributed by atoms with Gasteiger partial charge in [0, 0.05) is 32.2 Å². The van der Waals surface area contributed by atoms with Gasteiger partial charge in [-0.05, 0) is 19.3 Å².